The number of rotatable bonds is 1. The van der Waals surface area contributed by atoms with Crippen LogP contribution in [0.1, 0.15) is 17.9 Å². The van der Waals surface area contributed by atoms with Gasteiger partial charge in [-0.05, 0) is 24.6 Å². The Morgan fingerprint density at radius 2 is 2.15 bits per heavy atom. The summed E-state index contributed by atoms with van der Waals surface area (Å²) in [5, 5.41) is 0. The SMILES string of the molecule is Cl.NCC1CCOc2ccccc21. The number of benzene rings is 1. The van der Waals surface area contributed by atoms with E-state index in [-0.39, 0.29) is 12.4 Å². The average Bonchev–Trinajstić information content (AvgIpc) is 2.17. The normalized spacial score (nSPS) is 19.6. The molecule has 0 bridgehead atoms. The van der Waals surface area contributed by atoms with Crippen molar-refractivity contribution in [3.05, 3.63) is 29.8 Å². The van der Waals surface area contributed by atoms with E-state index in [1.165, 1.54) is 5.56 Å². The van der Waals surface area contributed by atoms with E-state index in [1.54, 1.807) is 0 Å². The molecule has 1 aliphatic heterocycles. The number of halogens is 1. The highest BCUT2D eigenvalue weighted by Crippen LogP contribution is 2.32. The summed E-state index contributed by atoms with van der Waals surface area (Å²) < 4.78 is 5.50. The lowest BCUT2D eigenvalue weighted by Gasteiger charge is -2.24. The summed E-state index contributed by atoms with van der Waals surface area (Å²) in [6.07, 6.45) is 1.05. The number of fused-ring (bicyclic) bond motifs is 1. The predicted molar refractivity (Wildman–Crippen MR) is 55.6 cm³/mol. The first-order valence-corrected chi connectivity index (χ1v) is 4.33. The third-order valence-corrected chi connectivity index (χ3v) is 2.37. The minimum Gasteiger partial charge on any atom is -0.493 e. The van der Waals surface area contributed by atoms with Gasteiger partial charge in [0.2, 0.25) is 0 Å². The maximum atomic E-state index is 5.66. The number of ether oxygens (including phenoxy) is 1. The molecule has 3 heteroatoms. The molecule has 1 atom stereocenters. The first-order chi connectivity index (χ1) is 5.92. The molecular weight excluding hydrogens is 186 g/mol. The molecule has 0 aliphatic carbocycles. The van der Waals surface area contributed by atoms with E-state index in [1.807, 2.05) is 18.2 Å². The average molecular weight is 200 g/mol. The summed E-state index contributed by atoms with van der Waals surface area (Å²) in [7, 11) is 0. The van der Waals surface area contributed by atoms with Crippen molar-refractivity contribution in [2.45, 2.75) is 12.3 Å². The highest BCUT2D eigenvalue weighted by Gasteiger charge is 2.18. The summed E-state index contributed by atoms with van der Waals surface area (Å²) in [5.74, 6) is 1.51. The van der Waals surface area contributed by atoms with Gasteiger partial charge in [-0.25, -0.2) is 0 Å². The second kappa shape index (κ2) is 4.49. The zero-order valence-electron chi connectivity index (χ0n) is 7.40. The first-order valence-electron chi connectivity index (χ1n) is 4.33. The van der Waals surface area contributed by atoms with Crippen molar-refractivity contribution in [2.75, 3.05) is 13.2 Å². The largest absolute Gasteiger partial charge is 0.493 e. The lowest BCUT2D eigenvalue weighted by Crippen LogP contribution is -2.20. The number of nitrogens with two attached hydrogens (primary N) is 1. The molecule has 0 saturated heterocycles. The third-order valence-electron chi connectivity index (χ3n) is 2.37. The molecule has 0 fully saturated rings. The summed E-state index contributed by atoms with van der Waals surface area (Å²) in [4.78, 5) is 0. The quantitative estimate of drug-likeness (QED) is 0.750. The van der Waals surface area contributed by atoms with Crippen LogP contribution in [0.15, 0.2) is 24.3 Å². The minimum absolute atomic E-state index is 0. The summed E-state index contributed by atoms with van der Waals surface area (Å²) in [6.45, 7) is 1.53. The third kappa shape index (κ3) is 1.95. The van der Waals surface area contributed by atoms with Crippen molar-refractivity contribution in [1.82, 2.24) is 0 Å². The fourth-order valence-electron chi connectivity index (χ4n) is 1.66. The molecule has 0 aromatic heterocycles. The van der Waals surface area contributed by atoms with Crippen LogP contribution in [0.25, 0.3) is 0 Å². The molecule has 72 valence electrons. The van der Waals surface area contributed by atoms with E-state index in [0.717, 1.165) is 25.3 Å². The predicted octanol–water partition coefficient (Wildman–Crippen LogP) is 1.93. The molecule has 1 aromatic rings. The number of hydrogen-bond acceptors (Lipinski definition) is 2. The molecular formula is C10H14ClNO. The van der Waals surface area contributed by atoms with Crippen LogP contribution in [0.4, 0.5) is 0 Å². The Morgan fingerprint density at radius 1 is 1.38 bits per heavy atom. The van der Waals surface area contributed by atoms with Gasteiger partial charge in [-0.1, -0.05) is 18.2 Å². The van der Waals surface area contributed by atoms with Crippen LogP contribution in [-0.2, 0) is 0 Å². The van der Waals surface area contributed by atoms with Crippen LogP contribution >= 0.6 is 12.4 Å². The Balaban J connectivity index is 0.000000845. The Bertz CT molecular complexity index is 277. The van der Waals surface area contributed by atoms with Gasteiger partial charge in [0.25, 0.3) is 0 Å². The smallest absolute Gasteiger partial charge is 0.122 e. The topological polar surface area (TPSA) is 35.2 Å². The maximum Gasteiger partial charge on any atom is 0.122 e. The van der Waals surface area contributed by atoms with Gasteiger partial charge >= 0.3 is 0 Å². The maximum absolute atomic E-state index is 5.66. The standard InChI is InChI=1S/C10H13NO.ClH/c11-7-8-5-6-12-10-4-2-1-3-9(8)10;/h1-4,8H,5-7,11H2;1H. The van der Waals surface area contributed by atoms with Crippen LogP contribution in [-0.4, -0.2) is 13.2 Å². The van der Waals surface area contributed by atoms with Crippen molar-refractivity contribution >= 4 is 12.4 Å². The number of hydrogen-bond donors (Lipinski definition) is 1. The van der Waals surface area contributed by atoms with Crippen LogP contribution in [0, 0.1) is 0 Å². The van der Waals surface area contributed by atoms with Crippen LogP contribution in [0.3, 0.4) is 0 Å². The second-order valence-electron chi connectivity index (χ2n) is 3.11. The van der Waals surface area contributed by atoms with Crippen LogP contribution in [0.5, 0.6) is 5.75 Å². The molecule has 2 N–H and O–H groups in total. The molecule has 13 heavy (non-hydrogen) atoms. The van der Waals surface area contributed by atoms with Crippen molar-refractivity contribution in [1.29, 1.82) is 0 Å². The molecule has 0 amide bonds. The monoisotopic (exact) mass is 199 g/mol. The fraction of sp³-hybridized carbons (Fsp3) is 0.400. The van der Waals surface area contributed by atoms with Gasteiger partial charge < -0.3 is 10.5 Å². The zero-order chi connectivity index (χ0) is 8.39. The van der Waals surface area contributed by atoms with Crippen molar-refractivity contribution < 1.29 is 4.74 Å². The van der Waals surface area contributed by atoms with Crippen molar-refractivity contribution in [2.24, 2.45) is 5.73 Å². The van der Waals surface area contributed by atoms with Crippen LogP contribution in [0.2, 0.25) is 0 Å². The molecule has 0 saturated carbocycles. The van der Waals surface area contributed by atoms with Crippen molar-refractivity contribution in [3.63, 3.8) is 0 Å². The van der Waals surface area contributed by atoms with Gasteiger partial charge in [0.15, 0.2) is 0 Å². The molecule has 1 aliphatic rings. The van der Waals surface area contributed by atoms with E-state index in [4.69, 9.17) is 10.5 Å². The highest BCUT2D eigenvalue weighted by atomic mass is 35.5. The Labute approximate surface area is 84.5 Å². The van der Waals surface area contributed by atoms with Gasteiger partial charge in [0, 0.05) is 5.92 Å². The first kappa shape index (κ1) is 10.4. The summed E-state index contributed by atoms with van der Waals surface area (Å²) in [5.41, 5.74) is 6.93. The van der Waals surface area contributed by atoms with E-state index in [0.29, 0.717) is 5.92 Å². The zero-order valence-corrected chi connectivity index (χ0v) is 8.22. The van der Waals surface area contributed by atoms with Gasteiger partial charge in [0.1, 0.15) is 5.75 Å². The lowest BCUT2D eigenvalue weighted by molar-refractivity contribution is 0.269. The van der Waals surface area contributed by atoms with E-state index in [9.17, 15) is 0 Å². The molecule has 0 spiro atoms. The highest BCUT2D eigenvalue weighted by molar-refractivity contribution is 5.85. The van der Waals surface area contributed by atoms with Gasteiger partial charge in [-0.3, -0.25) is 0 Å². The molecule has 1 heterocycles. The second-order valence-corrected chi connectivity index (χ2v) is 3.11. The number of para-hydroxylation sites is 1. The van der Waals surface area contributed by atoms with Gasteiger partial charge in [0.05, 0.1) is 6.61 Å². The van der Waals surface area contributed by atoms with E-state index >= 15 is 0 Å². The van der Waals surface area contributed by atoms with E-state index < -0.39 is 0 Å². The Hall–Kier alpha value is -0.730. The van der Waals surface area contributed by atoms with Crippen molar-refractivity contribution in [3.8, 4) is 5.75 Å². The lowest BCUT2D eigenvalue weighted by atomic mass is 9.93. The summed E-state index contributed by atoms with van der Waals surface area (Å²) in [6, 6.07) is 8.15. The minimum atomic E-state index is 0. The molecule has 0 radical (unpaired) electrons. The summed E-state index contributed by atoms with van der Waals surface area (Å²) >= 11 is 0. The Morgan fingerprint density at radius 3 is 2.92 bits per heavy atom. The molecule has 1 aromatic carbocycles. The van der Waals surface area contributed by atoms with Gasteiger partial charge in [-0.15, -0.1) is 12.4 Å². The van der Waals surface area contributed by atoms with Gasteiger partial charge in [-0.2, -0.15) is 0 Å². The fourth-order valence-corrected chi connectivity index (χ4v) is 1.66. The molecule has 2 nitrogen and oxygen atoms in total. The molecule has 2 rings (SSSR count). The van der Waals surface area contributed by atoms with Crippen LogP contribution < -0.4 is 10.5 Å². The molecule has 1 unspecified atom stereocenters. The van der Waals surface area contributed by atoms with E-state index in [2.05, 4.69) is 6.07 Å². The Kier molecular flexibility index (Phi) is 3.58.